The standard InChI is InChI=1S/C17H26N4/c1-13(20(2)12-14-8-10-18-11-9-14)17-19-15-6-4-5-7-16(15)21(17)3/h4-7,13-14,18H,8-12H2,1-3H3. The van der Waals surface area contributed by atoms with Gasteiger partial charge in [-0.1, -0.05) is 12.1 Å². The van der Waals surface area contributed by atoms with E-state index in [9.17, 15) is 0 Å². The minimum absolute atomic E-state index is 0.345. The van der Waals surface area contributed by atoms with E-state index in [0.29, 0.717) is 6.04 Å². The molecule has 0 aliphatic carbocycles. The molecule has 0 amide bonds. The highest BCUT2D eigenvalue weighted by molar-refractivity contribution is 5.75. The SMILES string of the molecule is CC(c1nc2ccccc2n1C)N(C)CC1CCNCC1. The maximum atomic E-state index is 4.84. The number of para-hydroxylation sites is 2. The normalized spacial score (nSPS) is 18.5. The lowest BCUT2D eigenvalue weighted by atomic mass is 9.97. The fourth-order valence-corrected chi connectivity index (χ4v) is 3.36. The Labute approximate surface area is 127 Å². The average Bonchev–Trinajstić information content (AvgIpc) is 2.85. The van der Waals surface area contributed by atoms with E-state index < -0.39 is 0 Å². The Morgan fingerprint density at radius 2 is 2.05 bits per heavy atom. The molecule has 1 N–H and O–H groups in total. The van der Waals surface area contributed by atoms with Gasteiger partial charge in [0.05, 0.1) is 17.1 Å². The van der Waals surface area contributed by atoms with Gasteiger partial charge in [0.15, 0.2) is 0 Å². The van der Waals surface area contributed by atoms with E-state index in [0.717, 1.165) is 23.8 Å². The van der Waals surface area contributed by atoms with Crippen LogP contribution in [-0.2, 0) is 7.05 Å². The Morgan fingerprint density at radius 3 is 2.76 bits per heavy atom. The van der Waals surface area contributed by atoms with Crippen LogP contribution in [0.1, 0.15) is 31.6 Å². The van der Waals surface area contributed by atoms with Gasteiger partial charge in [-0.25, -0.2) is 4.98 Å². The number of nitrogens with zero attached hydrogens (tertiary/aromatic N) is 3. The van der Waals surface area contributed by atoms with Crippen LogP contribution in [-0.4, -0.2) is 41.1 Å². The molecule has 2 aromatic rings. The highest BCUT2D eigenvalue weighted by atomic mass is 15.2. The summed E-state index contributed by atoms with van der Waals surface area (Å²) in [5.74, 6) is 1.97. The molecule has 0 bridgehead atoms. The van der Waals surface area contributed by atoms with Gasteiger partial charge in [0, 0.05) is 13.6 Å². The van der Waals surface area contributed by atoms with Crippen LogP contribution < -0.4 is 5.32 Å². The van der Waals surface area contributed by atoms with Crippen molar-refractivity contribution < 1.29 is 0 Å². The summed E-state index contributed by atoms with van der Waals surface area (Å²) in [7, 11) is 4.35. The van der Waals surface area contributed by atoms with Gasteiger partial charge in [-0.3, -0.25) is 4.90 Å². The monoisotopic (exact) mass is 286 g/mol. The van der Waals surface area contributed by atoms with Gasteiger partial charge in [0.25, 0.3) is 0 Å². The molecule has 0 spiro atoms. The largest absolute Gasteiger partial charge is 0.330 e. The van der Waals surface area contributed by atoms with E-state index in [4.69, 9.17) is 4.98 Å². The molecule has 4 heteroatoms. The maximum Gasteiger partial charge on any atom is 0.126 e. The van der Waals surface area contributed by atoms with Crippen LogP contribution in [0.2, 0.25) is 0 Å². The first kappa shape index (κ1) is 14.5. The summed E-state index contributed by atoms with van der Waals surface area (Å²) in [4.78, 5) is 7.29. The van der Waals surface area contributed by atoms with Crippen molar-refractivity contribution in [1.29, 1.82) is 0 Å². The molecule has 0 saturated carbocycles. The van der Waals surface area contributed by atoms with Crippen LogP contribution in [0.15, 0.2) is 24.3 Å². The van der Waals surface area contributed by atoms with Gasteiger partial charge >= 0.3 is 0 Å². The molecule has 1 atom stereocenters. The zero-order valence-electron chi connectivity index (χ0n) is 13.3. The summed E-state index contributed by atoms with van der Waals surface area (Å²) in [6, 6.07) is 8.72. The predicted octanol–water partition coefficient (Wildman–Crippen LogP) is 2.57. The Balaban J connectivity index is 1.76. The third-order valence-electron chi connectivity index (χ3n) is 4.86. The van der Waals surface area contributed by atoms with Crippen molar-refractivity contribution in [2.75, 3.05) is 26.7 Å². The van der Waals surface area contributed by atoms with Gasteiger partial charge in [-0.05, 0) is 58.0 Å². The molecule has 21 heavy (non-hydrogen) atoms. The van der Waals surface area contributed by atoms with Crippen LogP contribution in [0.25, 0.3) is 11.0 Å². The minimum atomic E-state index is 0.345. The number of benzene rings is 1. The molecule has 2 heterocycles. The van der Waals surface area contributed by atoms with Crippen LogP contribution >= 0.6 is 0 Å². The zero-order chi connectivity index (χ0) is 14.8. The minimum Gasteiger partial charge on any atom is -0.330 e. The van der Waals surface area contributed by atoms with Gasteiger partial charge in [0.2, 0.25) is 0 Å². The van der Waals surface area contributed by atoms with Crippen molar-refractivity contribution in [2.45, 2.75) is 25.8 Å². The Morgan fingerprint density at radius 1 is 1.33 bits per heavy atom. The van der Waals surface area contributed by atoms with Gasteiger partial charge in [-0.2, -0.15) is 0 Å². The molecular weight excluding hydrogens is 260 g/mol. The van der Waals surface area contributed by atoms with Crippen LogP contribution in [0.4, 0.5) is 0 Å². The zero-order valence-corrected chi connectivity index (χ0v) is 13.3. The van der Waals surface area contributed by atoms with Crippen molar-refractivity contribution in [2.24, 2.45) is 13.0 Å². The van der Waals surface area contributed by atoms with Crippen molar-refractivity contribution in [1.82, 2.24) is 19.8 Å². The molecule has 1 aromatic carbocycles. The maximum absolute atomic E-state index is 4.84. The van der Waals surface area contributed by atoms with E-state index in [1.54, 1.807) is 0 Å². The summed E-state index contributed by atoms with van der Waals surface area (Å²) in [6.07, 6.45) is 2.58. The van der Waals surface area contributed by atoms with E-state index >= 15 is 0 Å². The highest BCUT2D eigenvalue weighted by Crippen LogP contribution is 2.24. The Bertz CT molecular complexity index is 598. The lowest BCUT2D eigenvalue weighted by Crippen LogP contribution is -2.36. The summed E-state index contributed by atoms with van der Waals surface area (Å²) < 4.78 is 2.24. The third-order valence-corrected chi connectivity index (χ3v) is 4.86. The Hall–Kier alpha value is -1.39. The van der Waals surface area contributed by atoms with E-state index in [1.807, 2.05) is 0 Å². The van der Waals surface area contributed by atoms with E-state index in [1.165, 1.54) is 31.4 Å². The molecule has 4 nitrogen and oxygen atoms in total. The number of hydrogen-bond donors (Lipinski definition) is 1. The lowest BCUT2D eigenvalue weighted by Gasteiger charge is -2.31. The second kappa shape index (κ2) is 6.16. The smallest absolute Gasteiger partial charge is 0.126 e. The predicted molar refractivity (Wildman–Crippen MR) is 87.4 cm³/mol. The molecule has 1 aliphatic rings. The second-order valence-corrected chi connectivity index (χ2v) is 6.33. The summed E-state index contributed by atoms with van der Waals surface area (Å²) >= 11 is 0. The molecule has 3 rings (SSSR count). The van der Waals surface area contributed by atoms with Crippen LogP contribution in [0, 0.1) is 5.92 Å². The molecular formula is C17H26N4. The number of aryl methyl sites for hydroxylation is 1. The van der Waals surface area contributed by atoms with Crippen molar-refractivity contribution in [3.63, 3.8) is 0 Å². The lowest BCUT2D eigenvalue weighted by molar-refractivity contribution is 0.189. The fraction of sp³-hybridized carbons (Fsp3) is 0.588. The average molecular weight is 286 g/mol. The number of piperidine rings is 1. The third kappa shape index (κ3) is 2.97. The number of rotatable bonds is 4. The molecule has 0 radical (unpaired) electrons. The van der Waals surface area contributed by atoms with Crippen molar-refractivity contribution in [3.05, 3.63) is 30.1 Å². The number of hydrogen-bond acceptors (Lipinski definition) is 3. The molecule has 1 aromatic heterocycles. The fourth-order valence-electron chi connectivity index (χ4n) is 3.36. The first-order valence-corrected chi connectivity index (χ1v) is 7.99. The molecule has 1 fully saturated rings. The highest BCUT2D eigenvalue weighted by Gasteiger charge is 2.22. The topological polar surface area (TPSA) is 33.1 Å². The number of fused-ring (bicyclic) bond motifs is 1. The van der Waals surface area contributed by atoms with Gasteiger partial charge in [0.1, 0.15) is 5.82 Å². The molecule has 1 aliphatic heterocycles. The summed E-state index contributed by atoms with van der Waals surface area (Å²) in [5, 5.41) is 3.44. The Kier molecular flexibility index (Phi) is 4.27. The number of imidazole rings is 1. The number of nitrogens with one attached hydrogen (secondary N) is 1. The first-order chi connectivity index (χ1) is 10.2. The van der Waals surface area contributed by atoms with E-state index in [2.05, 4.69) is 60.1 Å². The molecule has 114 valence electrons. The van der Waals surface area contributed by atoms with Crippen molar-refractivity contribution in [3.8, 4) is 0 Å². The van der Waals surface area contributed by atoms with Crippen LogP contribution in [0.3, 0.4) is 0 Å². The first-order valence-electron chi connectivity index (χ1n) is 7.99. The van der Waals surface area contributed by atoms with Gasteiger partial charge < -0.3 is 9.88 Å². The van der Waals surface area contributed by atoms with E-state index in [-0.39, 0.29) is 0 Å². The van der Waals surface area contributed by atoms with Crippen molar-refractivity contribution >= 4 is 11.0 Å². The quantitative estimate of drug-likeness (QED) is 0.938. The summed E-state index contributed by atoms with van der Waals surface area (Å²) in [6.45, 7) is 5.76. The summed E-state index contributed by atoms with van der Waals surface area (Å²) in [5.41, 5.74) is 2.31. The number of aromatic nitrogens is 2. The van der Waals surface area contributed by atoms with Gasteiger partial charge in [-0.15, -0.1) is 0 Å². The molecule has 1 saturated heterocycles. The molecule has 1 unspecified atom stereocenters. The second-order valence-electron chi connectivity index (χ2n) is 6.33. The van der Waals surface area contributed by atoms with Crippen LogP contribution in [0.5, 0.6) is 0 Å².